The van der Waals surface area contributed by atoms with Gasteiger partial charge >= 0.3 is 0 Å². The van der Waals surface area contributed by atoms with Gasteiger partial charge in [0, 0.05) is 19.1 Å². The van der Waals surface area contributed by atoms with Crippen molar-refractivity contribution >= 4 is 0 Å². The number of hydrogen-bond acceptors (Lipinski definition) is 5. The fraction of sp³-hybridized carbons (Fsp3) is 0.692. The standard InChI is InChI=1S/C13H24N2O3/c1-11(8-15(2)3)14-7-12(16)9-17-10-13-5-4-6-18-13/h4-6,11-12,14,16H,7-10H2,1-3H3. The average molecular weight is 256 g/mol. The lowest BCUT2D eigenvalue weighted by atomic mass is 10.3. The van der Waals surface area contributed by atoms with Crippen molar-refractivity contribution in [3.63, 3.8) is 0 Å². The van der Waals surface area contributed by atoms with E-state index in [0.29, 0.717) is 25.8 Å². The number of furan rings is 1. The Labute approximate surface area is 109 Å². The van der Waals surface area contributed by atoms with E-state index in [1.807, 2.05) is 26.2 Å². The fourth-order valence-electron chi connectivity index (χ4n) is 1.70. The van der Waals surface area contributed by atoms with Gasteiger partial charge in [0.25, 0.3) is 0 Å². The second kappa shape index (κ2) is 8.26. The Morgan fingerprint density at radius 2 is 2.28 bits per heavy atom. The summed E-state index contributed by atoms with van der Waals surface area (Å²) >= 11 is 0. The molecular weight excluding hydrogens is 232 g/mol. The van der Waals surface area contributed by atoms with Crippen LogP contribution in [0.4, 0.5) is 0 Å². The molecule has 0 aliphatic carbocycles. The van der Waals surface area contributed by atoms with E-state index in [4.69, 9.17) is 9.15 Å². The number of nitrogens with one attached hydrogen (secondary N) is 1. The minimum atomic E-state index is -0.496. The van der Waals surface area contributed by atoms with Gasteiger partial charge in [-0.15, -0.1) is 0 Å². The van der Waals surface area contributed by atoms with Gasteiger partial charge in [0.2, 0.25) is 0 Å². The summed E-state index contributed by atoms with van der Waals surface area (Å²) in [6.45, 7) is 4.28. The maximum absolute atomic E-state index is 9.73. The smallest absolute Gasteiger partial charge is 0.129 e. The quantitative estimate of drug-likeness (QED) is 0.681. The summed E-state index contributed by atoms with van der Waals surface area (Å²) in [5.74, 6) is 0.774. The first-order chi connectivity index (χ1) is 8.58. The Balaban J connectivity index is 2.04. The predicted octanol–water partition coefficient (Wildman–Crippen LogP) is 0.697. The summed E-state index contributed by atoms with van der Waals surface area (Å²) in [5, 5.41) is 13.0. The van der Waals surface area contributed by atoms with Gasteiger partial charge in [0.1, 0.15) is 12.4 Å². The van der Waals surface area contributed by atoms with Crippen LogP contribution in [0.25, 0.3) is 0 Å². The fourth-order valence-corrected chi connectivity index (χ4v) is 1.70. The summed E-state index contributed by atoms with van der Waals surface area (Å²) in [6, 6.07) is 4.02. The predicted molar refractivity (Wildman–Crippen MR) is 70.4 cm³/mol. The molecule has 0 radical (unpaired) electrons. The third-order valence-corrected chi connectivity index (χ3v) is 2.48. The van der Waals surface area contributed by atoms with Crippen molar-refractivity contribution in [2.24, 2.45) is 0 Å². The molecule has 2 atom stereocenters. The molecule has 0 aliphatic heterocycles. The first kappa shape index (κ1) is 15.2. The zero-order valence-electron chi connectivity index (χ0n) is 11.4. The number of aliphatic hydroxyl groups excluding tert-OH is 1. The topological polar surface area (TPSA) is 57.9 Å². The van der Waals surface area contributed by atoms with Gasteiger partial charge in [-0.25, -0.2) is 0 Å². The molecule has 104 valence electrons. The molecule has 0 aromatic carbocycles. The van der Waals surface area contributed by atoms with Gasteiger partial charge in [-0.3, -0.25) is 0 Å². The molecule has 1 heterocycles. The van der Waals surface area contributed by atoms with Crippen molar-refractivity contribution in [1.82, 2.24) is 10.2 Å². The zero-order chi connectivity index (χ0) is 13.4. The lowest BCUT2D eigenvalue weighted by Gasteiger charge is -2.20. The number of ether oxygens (including phenoxy) is 1. The number of aliphatic hydroxyl groups is 1. The molecule has 0 amide bonds. The minimum Gasteiger partial charge on any atom is -0.467 e. The molecule has 1 rings (SSSR count). The highest BCUT2D eigenvalue weighted by Crippen LogP contribution is 2.01. The third-order valence-electron chi connectivity index (χ3n) is 2.48. The zero-order valence-corrected chi connectivity index (χ0v) is 11.4. The summed E-state index contributed by atoms with van der Waals surface area (Å²) in [5.41, 5.74) is 0. The molecular formula is C13H24N2O3. The molecule has 0 bridgehead atoms. The maximum Gasteiger partial charge on any atom is 0.129 e. The van der Waals surface area contributed by atoms with Crippen LogP contribution >= 0.6 is 0 Å². The Kier molecular flexibility index (Phi) is 6.97. The van der Waals surface area contributed by atoms with Crippen molar-refractivity contribution in [3.05, 3.63) is 24.2 Å². The molecule has 5 heteroatoms. The van der Waals surface area contributed by atoms with Crippen LogP contribution in [0.5, 0.6) is 0 Å². The Morgan fingerprint density at radius 1 is 1.50 bits per heavy atom. The molecule has 5 nitrogen and oxygen atoms in total. The Bertz CT molecular complexity index is 301. The molecule has 2 unspecified atom stereocenters. The van der Waals surface area contributed by atoms with Crippen molar-refractivity contribution in [2.75, 3.05) is 33.8 Å². The van der Waals surface area contributed by atoms with E-state index in [1.54, 1.807) is 6.26 Å². The third kappa shape index (κ3) is 6.76. The van der Waals surface area contributed by atoms with Crippen LogP contribution in [0.15, 0.2) is 22.8 Å². The number of hydrogen-bond donors (Lipinski definition) is 2. The van der Waals surface area contributed by atoms with E-state index < -0.39 is 6.10 Å². The van der Waals surface area contributed by atoms with Crippen LogP contribution in [-0.2, 0) is 11.3 Å². The van der Waals surface area contributed by atoms with Crippen LogP contribution in [-0.4, -0.2) is 55.9 Å². The highest BCUT2D eigenvalue weighted by atomic mass is 16.5. The van der Waals surface area contributed by atoms with Crippen LogP contribution < -0.4 is 5.32 Å². The van der Waals surface area contributed by atoms with Gasteiger partial charge in [0.15, 0.2) is 0 Å². The van der Waals surface area contributed by atoms with Crippen molar-refractivity contribution in [1.29, 1.82) is 0 Å². The molecule has 0 spiro atoms. The van der Waals surface area contributed by atoms with E-state index in [2.05, 4.69) is 17.1 Å². The van der Waals surface area contributed by atoms with Crippen molar-refractivity contribution in [2.45, 2.75) is 25.7 Å². The minimum absolute atomic E-state index is 0.308. The number of rotatable bonds is 9. The van der Waals surface area contributed by atoms with Gasteiger partial charge in [0.05, 0.1) is 19.0 Å². The van der Waals surface area contributed by atoms with Crippen LogP contribution in [0, 0.1) is 0 Å². The summed E-state index contributed by atoms with van der Waals surface area (Å²) < 4.78 is 10.5. The monoisotopic (exact) mass is 256 g/mol. The summed E-state index contributed by atoms with van der Waals surface area (Å²) in [6.07, 6.45) is 1.11. The van der Waals surface area contributed by atoms with Gasteiger partial charge in [-0.2, -0.15) is 0 Å². The maximum atomic E-state index is 9.73. The van der Waals surface area contributed by atoms with E-state index in [0.717, 1.165) is 12.3 Å². The molecule has 2 N–H and O–H groups in total. The van der Waals surface area contributed by atoms with Gasteiger partial charge in [-0.1, -0.05) is 0 Å². The molecule has 18 heavy (non-hydrogen) atoms. The van der Waals surface area contributed by atoms with E-state index in [1.165, 1.54) is 0 Å². The second-order valence-corrected chi connectivity index (χ2v) is 4.82. The highest BCUT2D eigenvalue weighted by molar-refractivity contribution is 4.96. The van der Waals surface area contributed by atoms with Crippen LogP contribution in [0.3, 0.4) is 0 Å². The SMILES string of the molecule is CC(CN(C)C)NCC(O)COCc1ccco1. The van der Waals surface area contributed by atoms with E-state index in [-0.39, 0.29) is 0 Å². The van der Waals surface area contributed by atoms with Crippen molar-refractivity contribution in [3.8, 4) is 0 Å². The lowest BCUT2D eigenvalue weighted by molar-refractivity contribution is 0.0214. The molecule has 1 aromatic heterocycles. The van der Waals surface area contributed by atoms with Crippen LogP contribution in [0.2, 0.25) is 0 Å². The first-order valence-corrected chi connectivity index (χ1v) is 6.24. The number of nitrogens with zero attached hydrogens (tertiary/aromatic N) is 1. The lowest BCUT2D eigenvalue weighted by Crippen LogP contribution is -2.41. The molecule has 0 fully saturated rings. The largest absolute Gasteiger partial charge is 0.467 e. The Hall–Kier alpha value is -0.880. The van der Waals surface area contributed by atoms with E-state index in [9.17, 15) is 5.11 Å². The second-order valence-electron chi connectivity index (χ2n) is 4.82. The van der Waals surface area contributed by atoms with Gasteiger partial charge in [-0.05, 0) is 33.2 Å². The van der Waals surface area contributed by atoms with Crippen molar-refractivity contribution < 1.29 is 14.3 Å². The normalized spacial score (nSPS) is 14.9. The van der Waals surface area contributed by atoms with Gasteiger partial charge < -0.3 is 24.5 Å². The summed E-state index contributed by atoms with van der Waals surface area (Å²) in [7, 11) is 4.06. The molecule has 1 aromatic rings. The van der Waals surface area contributed by atoms with E-state index >= 15 is 0 Å². The average Bonchev–Trinajstić information content (AvgIpc) is 2.78. The molecule has 0 aliphatic rings. The molecule has 0 saturated carbocycles. The summed E-state index contributed by atoms with van der Waals surface area (Å²) in [4.78, 5) is 2.11. The van der Waals surface area contributed by atoms with Crippen LogP contribution in [0.1, 0.15) is 12.7 Å². The highest BCUT2D eigenvalue weighted by Gasteiger charge is 2.08. The first-order valence-electron chi connectivity index (χ1n) is 6.24. The Morgan fingerprint density at radius 3 is 2.89 bits per heavy atom. The molecule has 0 saturated heterocycles. The number of likely N-dealkylation sites (N-methyl/N-ethyl adjacent to an activating group) is 1.